The van der Waals surface area contributed by atoms with Crippen LogP contribution in [-0.2, 0) is 11.8 Å². The molecule has 0 aliphatic heterocycles. The lowest BCUT2D eigenvalue weighted by molar-refractivity contribution is 0.265. The van der Waals surface area contributed by atoms with Crippen molar-refractivity contribution in [2.24, 2.45) is 5.92 Å². The van der Waals surface area contributed by atoms with E-state index in [1.165, 1.54) is 54.4 Å². The van der Waals surface area contributed by atoms with Crippen LogP contribution in [0.4, 0.5) is 0 Å². The highest BCUT2D eigenvalue weighted by molar-refractivity contribution is 5.64. The maximum Gasteiger partial charge on any atom is 0.0822 e. The van der Waals surface area contributed by atoms with Gasteiger partial charge in [0.15, 0.2) is 0 Å². The largest absolute Gasteiger partial charge is 0.197 e. The summed E-state index contributed by atoms with van der Waals surface area (Å²) < 4.78 is 0. The molecule has 136 valence electrons. The van der Waals surface area contributed by atoms with E-state index in [0.717, 1.165) is 25.2 Å². The molecule has 1 aliphatic carbocycles. The Bertz CT molecular complexity index is 725. The summed E-state index contributed by atoms with van der Waals surface area (Å²) in [6, 6.07) is 20.4. The molecule has 2 aromatic rings. The molecule has 1 saturated carbocycles. The lowest BCUT2D eigenvalue weighted by Crippen LogP contribution is -2.30. The van der Waals surface area contributed by atoms with Crippen molar-refractivity contribution in [1.29, 1.82) is 5.26 Å². The molecule has 0 aromatic heterocycles. The normalized spacial score (nSPS) is 22.7. The molecule has 1 nitrogen and oxygen atoms in total. The fourth-order valence-corrected chi connectivity index (χ4v) is 4.47. The van der Waals surface area contributed by atoms with E-state index in [1.54, 1.807) is 0 Å². The molecule has 2 aromatic carbocycles. The second-order valence-electron chi connectivity index (χ2n) is 7.95. The summed E-state index contributed by atoms with van der Waals surface area (Å²) in [6.45, 7) is 4.48. The second-order valence-corrected chi connectivity index (χ2v) is 7.95. The van der Waals surface area contributed by atoms with Crippen molar-refractivity contribution in [2.45, 2.75) is 70.6 Å². The summed E-state index contributed by atoms with van der Waals surface area (Å²) in [7, 11) is 0. The third kappa shape index (κ3) is 4.01. The van der Waals surface area contributed by atoms with Crippen LogP contribution < -0.4 is 0 Å². The van der Waals surface area contributed by atoms with Crippen LogP contribution in [0.25, 0.3) is 11.1 Å². The summed E-state index contributed by atoms with van der Waals surface area (Å²) in [4.78, 5) is 0. The molecule has 0 N–H and O–H groups in total. The Hall–Kier alpha value is -2.07. The molecule has 0 spiro atoms. The predicted molar refractivity (Wildman–Crippen MR) is 110 cm³/mol. The molecule has 0 saturated heterocycles. The monoisotopic (exact) mass is 345 g/mol. The van der Waals surface area contributed by atoms with Crippen LogP contribution in [0, 0.1) is 17.2 Å². The topological polar surface area (TPSA) is 23.8 Å². The average Bonchev–Trinajstić information content (AvgIpc) is 2.70. The molecule has 0 unspecified atom stereocenters. The summed E-state index contributed by atoms with van der Waals surface area (Å²) in [5, 5.41) is 9.93. The standard InChI is InChI=1S/C25H31N/c1-3-5-20-7-9-22(10-8-20)23-11-13-24(14-12-23)25(19-26)17-15-21(6-4-2)16-18-25/h7-14,21H,3-6,15-18H2,1-2H3. The van der Waals surface area contributed by atoms with Gasteiger partial charge in [0.05, 0.1) is 11.5 Å². The molecule has 3 rings (SSSR count). The van der Waals surface area contributed by atoms with Gasteiger partial charge in [0.1, 0.15) is 0 Å². The van der Waals surface area contributed by atoms with Crippen LogP contribution >= 0.6 is 0 Å². The van der Waals surface area contributed by atoms with Crippen molar-refractivity contribution in [3.05, 3.63) is 59.7 Å². The lowest BCUT2D eigenvalue weighted by Gasteiger charge is -2.35. The van der Waals surface area contributed by atoms with Crippen molar-refractivity contribution in [1.82, 2.24) is 0 Å². The van der Waals surface area contributed by atoms with Crippen LogP contribution in [0.2, 0.25) is 0 Å². The number of nitrogens with zero attached hydrogens (tertiary/aromatic N) is 1. The lowest BCUT2D eigenvalue weighted by atomic mass is 9.67. The number of aryl methyl sites for hydroxylation is 1. The first-order valence-electron chi connectivity index (χ1n) is 10.3. The van der Waals surface area contributed by atoms with E-state index in [1.807, 2.05) is 0 Å². The highest BCUT2D eigenvalue weighted by Crippen LogP contribution is 2.42. The Morgan fingerprint density at radius 1 is 0.885 bits per heavy atom. The van der Waals surface area contributed by atoms with Crippen LogP contribution in [0.3, 0.4) is 0 Å². The maximum atomic E-state index is 9.93. The molecule has 1 aliphatic rings. The molecule has 1 heteroatoms. The Balaban J connectivity index is 1.75. The predicted octanol–water partition coefficient (Wildman–Crippen LogP) is 7.06. The molecule has 0 amide bonds. The van der Waals surface area contributed by atoms with Crippen molar-refractivity contribution in [2.75, 3.05) is 0 Å². The molecule has 0 radical (unpaired) electrons. The van der Waals surface area contributed by atoms with Gasteiger partial charge in [-0.2, -0.15) is 5.26 Å². The smallest absolute Gasteiger partial charge is 0.0822 e. The highest BCUT2D eigenvalue weighted by atomic mass is 14.4. The summed E-state index contributed by atoms with van der Waals surface area (Å²) in [5.74, 6) is 0.822. The molecule has 26 heavy (non-hydrogen) atoms. The second kappa shape index (κ2) is 8.54. The fraction of sp³-hybridized carbons (Fsp3) is 0.480. The van der Waals surface area contributed by atoms with Crippen molar-refractivity contribution in [3.63, 3.8) is 0 Å². The molecule has 1 fully saturated rings. The van der Waals surface area contributed by atoms with Gasteiger partial charge in [-0.25, -0.2) is 0 Å². The first kappa shape index (κ1) is 18.7. The maximum absolute atomic E-state index is 9.93. The quantitative estimate of drug-likeness (QED) is 0.550. The first-order chi connectivity index (χ1) is 12.7. The van der Waals surface area contributed by atoms with Gasteiger partial charge in [0, 0.05) is 0 Å². The molecular formula is C25H31N. The van der Waals surface area contributed by atoms with E-state index in [0.29, 0.717) is 0 Å². The number of hydrogen-bond donors (Lipinski definition) is 0. The van der Waals surface area contributed by atoms with Gasteiger partial charge in [-0.15, -0.1) is 0 Å². The van der Waals surface area contributed by atoms with Crippen LogP contribution in [-0.4, -0.2) is 0 Å². The Morgan fingerprint density at radius 2 is 1.46 bits per heavy atom. The van der Waals surface area contributed by atoms with Gasteiger partial charge < -0.3 is 0 Å². The van der Waals surface area contributed by atoms with Gasteiger partial charge in [-0.1, -0.05) is 81.6 Å². The van der Waals surface area contributed by atoms with Gasteiger partial charge in [-0.3, -0.25) is 0 Å². The SMILES string of the molecule is CCCc1ccc(-c2ccc(C3(C#N)CCC(CCC)CC3)cc2)cc1. The van der Waals surface area contributed by atoms with Gasteiger partial charge in [0.25, 0.3) is 0 Å². The van der Waals surface area contributed by atoms with E-state index in [9.17, 15) is 5.26 Å². The average molecular weight is 346 g/mol. The summed E-state index contributed by atoms with van der Waals surface area (Å²) in [6.07, 6.45) is 9.32. The van der Waals surface area contributed by atoms with Crippen LogP contribution in [0.5, 0.6) is 0 Å². The van der Waals surface area contributed by atoms with E-state index >= 15 is 0 Å². The number of nitriles is 1. The fourth-order valence-electron chi connectivity index (χ4n) is 4.47. The summed E-state index contributed by atoms with van der Waals surface area (Å²) in [5.41, 5.74) is 4.84. The third-order valence-corrected chi connectivity index (χ3v) is 6.13. The zero-order chi connectivity index (χ0) is 18.4. The van der Waals surface area contributed by atoms with Crippen LogP contribution in [0.1, 0.15) is 69.9 Å². The van der Waals surface area contributed by atoms with Gasteiger partial charge in [-0.05, 0) is 60.3 Å². The zero-order valence-corrected chi connectivity index (χ0v) is 16.3. The minimum absolute atomic E-state index is 0.270. The number of rotatable bonds is 6. The molecule has 0 heterocycles. The van der Waals surface area contributed by atoms with Crippen LogP contribution in [0.15, 0.2) is 48.5 Å². The number of benzene rings is 2. The molecule has 0 atom stereocenters. The molecular weight excluding hydrogens is 314 g/mol. The van der Waals surface area contributed by atoms with Gasteiger partial charge in [0.2, 0.25) is 0 Å². The highest BCUT2D eigenvalue weighted by Gasteiger charge is 2.36. The van der Waals surface area contributed by atoms with E-state index in [-0.39, 0.29) is 5.41 Å². The zero-order valence-electron chi connectivity index (χ0n) is 16.3. The van der Waals surface area contributed by atoms with E-state index in [2.05, 4.69) is 68.4 Å². The molecule has 0 bridgehead atoms. The Labute approximate surface area is 159 Å². The van der Waals surface area contributed by atoms with E-state index < -0.39 is 0 Å². The minimum Gasteiger partial charge on any atom is -0.197 e. The first-order valence-corrected chi connectivity index (χ1v) is 10.3. The van der Waals surface area contributed by atoms with Crippen molar-refractivity contribution >= 4 is 0 Å². The Kier molecular flexibility index (Phi) is 6.15. The van der Waals surface area contributed by atoms with Gasteiger partial charge >= 0.3 is 0 Å². The third-order valence-electron chi connectivity index (χ3n) is 6.13. The van der Waals surface area contributed by atoms with Crippen molar-refractivity contribution < 1.29 is 0 Å². The minimum atomic E-state index is -0.270. The summed E-state index contributed by atoms with van der Waals surface area (Å²) >= 11 is 0. The Morgan fingerprint density at radius 3 is 1.96 bits per heavy atom. The van der Waals surface area contributed by atoms with Crippen molar-refractivity contribution in [3.8, 4) is 17.2 Å². The number of hydrogen-bond acceptors (Lipinski definition) is 1. The van der Waals surface area contributed by atoms with E-state index in [4.69, 9.17) is 0 Å².